The monoisotopic (exact) mass is 287 g/mol. The predicted molar refractivity (Wildman–Crippen MR) is 74.7 cm³/mol. The highest BCUT2D eigenvalue weighted by Gasteiger charge is 2.18. The third kappa shape index (κ3) is 4.15. The second-order valence-electron chi connectivity index (χ2n) is 4.98. The van der Waals surface area contributed by atoms with Crippen molar-refractivity contribution in [1.82, 2.24) is 9.29 Å². The smallest absolute Gasteiger partial charge is 0.244 e. The van der Waals surface area contributed by atoms with Gasteiger partial charge in [-0.15, -0.1) is 0 Å². The Kier molecular flexibility index (Phi) is 4.89. The van der Waals surface area contributed by atoms with Gasteiger partial charge < -0.3 is 10.1 Å². The van der Waals surface area contributed by atoms with Crippen molar-refractivity contribution in [2.75, 3.05) is 33.1 Å². The third-order valence-electron chi connectivity index (χ3n) is 2.76. The summed E-state index contributed by atoms with van der Waals surface area (Å²) in [6.45, 7) is 4.48. The second kappa shape index (κ2) is 5.85. The maximum Gasteiger partial charge on any atom is 0.244 e. The molecule has 0 fully saturated rings. The van der Waals surface area contributed by atoms with Gasteiger partial charge in [-0.3, -0.25) is 0 Å². The van der Waals surface area contributed by atoms with Crippen molar-refractivity contribution >= 4 is 15.8 Å². The van der Waals surface area contributed by atoms with Crippen LogP contribution in [-0.2, 0) is 14.8 Å². The molecule has 0 spiro atoms. The number of rotatable bonds is 6. The first kappa shape index (κ1) is 15.9. The van der Waals surface area contributed by atoms with Crippen LogP contribution in [0.3, 0.4) is 0 Å². The second-order valence-corrected chi connectivity index (χ2v) is 7.14. The summed E-state index contributed by atoms with van der Waals surface area (Å²) in [7, 11) is 1.19. The Morgan fingerprint density at radius 3 is 2.42 bits per heavy atom. The molecule has 0 bridgehead atoms. The fraction of sp³-hybridized carbons (Fsp3) is 0.583. The SMILES string of the molecule is COC(C)(C)CNc1ccc(S(=O)(=O)N(C)C)cn1. The number of ether oxygens (including phenoxy) is 1. The largest absolute Gasteiger partial charge is 0.377 e. The van der Waals surface area contributed by atoms with Crippen LogP contribution in [0.4, 0.5) is 5.82 Å². The van der Waals surface area contributed by atoms with E-state index >= 15 is 0 Å². The lowest BCUT2D eigenvalue weighted by molar-refractivity contribution is 0.0343. The molecule has 6 nitrogen and oxygen atoms in total. The molecule has 0 atom stereocenters. The van der Waals surface area contributed by atoms with Gasteiger partial charge in [-0.1, -0.05) is 0 Å². The van der Waals surface area contributed by atoms with E-state index in [-0.39, 0.29) is 10.5 Å². The standard InChI is InChI=1S/C12H21N3O3S/c1-12(2,18-5)9-14-11-7-6-10(8-13-11)19(16,17)15(3)4/h6-8H,9H2,1-5H3,(H,13,14). The van der Waals surface area contributed by atoms with Gasteiger partial charge in [0.15, 0.2) is 0 Å². The topological polar surface area (TPSA) is 71.5 Å². The maximum absolute atomic E-state index is 11.9. The molecule has 19 heavy (non-hydrogen) atoms. The summed E-state index contributed by atoms with van der Waals surface area (Å²) in [5.74, 6) is 0.614. The highest BCUT2D eigenvalue weighted by molar-refractivity contribution is 7.89. The number of pyridine rings is 1. The molecule has 0 aliphatic carbocycles. The molecule has 0 aliphatic rings. The van der Waals surface area contributed by atoms with E-state index in [0.717, 1.165) is 4.31 Å². The highest BCUT2D eigenvalue weighted by Crippen LogP contribution is 2.15. The summed E-state index contributed by atoms with van der Waals surface area (Å²) >= 11 is 0. The van der Waals surface area contributed by atoms with Gasteiger partial charge >= 0.3 is 0 Å². The molecule has 1 aromatic rings. The fourth-order valence-corrected chi connectivity index (χ4v) is 2.07. The molecular weight excluding hydrogens is 266 g/mol. The number of sulfonamides is 1. The molecule has 0 amide bonds. The number of anilines is 1. The van der Waals surface area contributed by atoms with Gasteiger partial charge in [0.2, 0.25) is 10.0 Å². The molecule has 1 heterocycles. The van der Waals surface area contributed by atoms with E-state index in [1.807, 2.05) is 13.8 Å². The Bertz CT molecular complexity index is 510. The zero-order valence-electron chi connectivity index (χ0n) is 12.0. The highest BCUT2D eigenvalue weighted by atomic mass is 32.2. The molecule has 0 saturated carbocycles. The Hall–Kier alpha value is -1.18. The predicted octanol–water partition coefficient (Wildman–Crippen LogP) is 1.17. The van der Waals surface area contributed by atoms with Crippen LogP contribution < -0.4 is 5.32 Å². The molecule has 0 saturated heterocycles. The maximum atomic E-state index is 11.9. The molecule has 0 aliphatic heterocycles. The molecule has 0 radical (unpaired) electrons. The van der Waals surface area contributed by atoms with Crippen molar-refractivity contribution in [2.24, 2.45) is 0 Å². The van der Waals surface area contributed by atoms with Crippen molar-refractivity contribution in [3.8, 4) is 0 Å². The van der Waals surface area contributed by atoms with Gasteiger partial charge in [-0.2, -0.15) is 0 Å². The Morgan fingerprint density at radius 2 is 2.00 bits per heavy atom. The van der Waals surface area contributed by atoms with Crippen LogP contribution in [0, 0.1) is 0 Å². The van der Waals surface area contributed by atoms with Crippen LogP contribution in [0.25, 0.3) is 0 Å². The Labute approximate surface area is 114 Å². The first-order valence-electron chi connectivity index (χ1n) is 5.87. The Balaban J connectivity index is 2.78. The van der Waals surface area contributed by atoms with Crippen LogP contribution in [0.2, 0.25) is 0 Å². The van der Waals surface area contributed by atoms with Crippen LogP contribution >= 0.6 is 0 Å². The van der Waals surface area contributed by atoms with E-state index in [1.54, 1.807) is 13.2 Å². The summed E-state index contributed by atoms with van der Waals surface area (Å²) in [5, 5.41) is 3.10. The summed E-state index contributed by atoms with van der Waals surface area (Å²) in [5.41, 5.74) is -0.309. The van der Waals surface area contributed by atoms with Gasteiger partial charge in [-0.05, 0) is 26.0 Å². The van der Waals surface area contributed by atoms with Crippen LogP contribution in [0.5, 0.6) is 0 Å². The van der Waals surface area contributed by atoms with Gasteiger partial charge in [0.05, 0.1) is 5.60 Å². The third-order valence-corrected chi connectivity index (χ3v) is 4.56. The molecule has 0 aromatic carbocycles. The average Bonchev–Trinajstić information content (AvgIpc) is 2.37. The van der Waals surface area contributed by atoms with Crippen LogP contribution in [0.15, 0.2) is 23.2 Å². The number of aromatic nitrogens is 1. The lowest BCUT2D eigenvalue weighted by atomic mass is 10.1. The summed E-state index contributed by atoms with van der Waals surface area (Å²) in [6, 6.07) is 3.17. The van der Waals surface area contributed by atoms with Gasteiger partial charge in [0.25, 0.3) is 0 Å². The van der Waals surface area contributed by atoms with Crippen molar-refractivity contribution in [2.45, 2.75) is 24.3 Å². The molecule has 1 N–H and O–H groups in total. The van der Waals surface area contributed by atoms with Crippen LogP contribution in [0.1, 0.15) is 13.8 Å². The molecule has 7 heteroatoms. The van der Waals surface area contributed by atoms with Gasteiger partial charge in [0, 0.05) is 33.9 Å². The molecular formula is C12H21N3O3S. The van der Waals surface area contributed by atoms with E-state index in [1.165, 1.54) is 26.4 Å². The van der Waals surface area contributed by atoms with E-state index in [4.69, 9.17) is 4.74 Å². The first-order valence-corrected chi connectivity index (χ1v) is 7.31. The summed E-state index contributed by atoms with van der Waals surface area (Å²) in [6.07, 6.45) is 1.34. The minimum atomic E-state index is -3.42. The van der Waals surface area contributed by atoms with E-state index in [9.17, 15) is 8.42 Å². The lowest BCUT2D eigenvalue weighted by Crippen LogP contribution is -2.32. The summed E-state index contributed by atoms with van der Waals surface area (Å²) in [4.78, 5) is 4.27. The lowest BCUT2D eigenvalue weighted by Gasteiger charge is -2.23. The molecule has 0 unspecified atom stereocenters. The minimum Gasteiger partial charge on any atom is -0.377 e. The van der Waals surface area contributed by atoms with Crippen molar-refractivity contribution in [3.63, 3.8) is 0 Å². The first-order chi connectivity index (χ1) is 8.69. The van der Waals surface area contributed by atoms with E-state index < -0.39 is 10.0 Å². The molecule has 108 valence electrons. The van der Waals surface area contributed by atoms with E-state index in [2.05, 4.69) is 10.3 Å². The zero-order valence-corrected chi connectivity index (χ0v) is 12.8. The fourth-order valence-electron chi connectivity index (χ4n) is 1.22. The van der Waals surface area contributed by atoms with Crippen molar-refractivity contribution in [1.29, 1.82) is 0 Å². The number of nitrogens with one attached hydrogen (secondary N) is 1. The van der Waals surface area contributed by atoms with Crippen molar-refractivity contribution < 1.29 is 13.2 Å². The normalized spacial score (nSPS) is 12.7. The quantitative estimate of drug-likeness (QED) is 0.850. The number of nitrogens with zero attached hydrogens (tertiary/aromatic N) is 2. The molecule has 1 aromatic heterocycles. The average molecular weight is 287 g/mol. The summed E-state index contributed by atoms with van der Waals surface area (Å²) < 4.78 is 30.1. The van der Waals surface area contributed by atoms with E-state index in [0.29, 0.717) is 12.4 Å². The van der Waals surface area contributed by atoms with Crippen molar-refractivity contribution in [3.05, 3.63) is 18.3 Å². The Morgan fingerprint density at radius 1 is 1.37 bits per heavy atom. The number of hydrogen-bond donors (Lipinski definition) is 1. The zero-order chi connectivity index (χ0) is 14.7. The molecule has 1 rings (SSSR count). The minimum absolute atomic E-state index is 0.175. The van der Waals surface area contributed by atoms with Gasteiger partial charge in [0.1, 0.15) is 10.7 Å². The van der Waals surface area contributed by atoms with Crippen LogP contribution in [-0.4, -0.2) is 51.1 Å². The number of hydrogen-bond acceptors (Lipinski definition) is 5. The van der Waals surface area contributed by atoms with Gasteiger partial charge in [-0.25, -0.2) is 17.7 Å². The number of methoxy groups -OCH3 is 1.